The molecule has 1 atom stereocenters. The Morgan fingerprint density at radius 3 is 2.66 bits per heavy atom. The number of nitrogens with zero attached hydrogens (tertiary/aromatic N) is 4. The fraction of sp³-hybridized carbons (Fsp3) is 0.333. The fourth-order valence-corrected chi connectivity index (χ4v) is 3.88. The van der Waals surface area contributed by atoms with Crippen LogP contribution in [0.15, 0.2) is 48.7 Å². The lowest BCUT2D eigenvalue weighted by atomic mass is 9.91. The van der Waals surface area contributed by atoms with Crippen molar-refractivity contribution >= 4 is 0 Å². The summed E-state index contributed by atoms with van der Waals surface area (Å²) in [6, 6.07) is 11.0. The normalized spacial score (nSPS) is 16.8. The summed E-state index contributed by atoms with van der Waals surface area (Å²) < 4.78 is 41.3. The van der Waals surface area contributed by atoms with Crippen molar-refractivity contribution in [2.24, 2.45) is 0 Å². The number of pyridine rings is 1. The van der Waals surface area contributed by atoms with Gasteiger partial charge in [-0.05, 0) is 50.1 Å². The summed E-state index contributed by atoms with van der Waals surface area (Å²) in [7, 11) is 1.82. The van der Waals surface area contributed by atoms with E-state index < -0.39 is 11.7 Å². The Hall–Kier alpha value is -2.87. The number of aromatic hydroxyl groups is 1. The zero-order valence-electron chi connectivity index (χ0n) is 15.9. The summed E-state index contributed by atoms with van der Waals surface area (Å²) in [6.07, 6.45) is -0.808. The third-order valence-electron chi connectivity index (χ3n) is 5.43. The molecule has 0 bridgehead atoms. The van der Waals surface area contributed by atoms with Crippen molar-refractivity contribution < 1.29 is 18.3 Å². The zero-order valence-corrected chi connectivity index (χ0v) is 15.9. The summed E-state index contributed by atoms with van der Waals surface area (Å²) >= 11 is 0. The molecule has 29 heavy (non-hydrogen) atoms. The molecule has 0 fully saturated rings. The number of fused-ring (bicyclic) bond motifs is 1. The maximum absolute atomic E-state index is 13.3. The molecule has 0 amide bonds. The molecule has 8 heteroatoms. The van der Waals surface area contributed by atoms with Gasteiger partial charge in [-0.25, -0.2) is 4.98 Å². The van der Waals surface area contributed by atoms with Crippen LogP contribution < -0.4 is 0 Å². The molecule has 0 saturated carbocycles. The number of benzene rings is 1. The van der Waals surface area contributed by atoms with Gasteiger partial charge in [0, 0.05) is 24.3 Å². The Morgan fingerprint density at radius 2 is 1.93 bits per heavy atom. The van der Waals surface area contributed by atoms with Crippen molar-refractivity contribution in [3.63, 3.8) is 0 Å². The lowest BCUT2D eigenvalue weighted by Crippen LogP contribution is -2.36. The molecule has 1 N–H and O–H groups in total. The van der Waals surface area contributed by atoms with Gasteiger partial charge in [0.05, 0.1) is 11.3 Å². The van der Waals surface area contributed by atoms with Crippen molar-refractivity contribution in [2.45, 2.75) is 38.0 Å². The number of hydrogen-bond donors (Lipinski definition) is 1. The van der Waals surface area contributed by atoms with Crippen LogP contribution in [-0.2, 0) is 25.6 Å². The Kier molecular flexibility index (Phi) is 5.04. The van der Waals surface area contributed by atoms with Gasteiger partial charge in [0.2, 0.25) is 5.88 Å². The summed E-state index contributed by atoms with van der Waals surface area (Å²) in [5, 5.41) is 15.1. The van der Waals surface area contributed by atoms with Crippen molar-refractivity contribution in [1.29, 1.82) is 0 Å². The molecule has 3 aromatic rings. The van der Waals surface area contributed by atoms with E-state index in [9.17, 15) is 18.3 Å². The average Bonchev–Trinajstić information content (AvgIpc) is 3.04. The van der Waals surface area contributed by atoms with Crippen LogP contribution in [0.25, 0.3) is 5.82 Å². The van der Waals surface area contributed by atoms with Gasteiger partial charge < -0.3 is 5.11 Å². The lowest BCUT2D eigenvalue weighted by molar-refractivity contribution is -0.138. The third kappa shape index (κ3) is 3.85. The molecule has 2 aromatic heterocycles. The number of aryl methyl sites for hydroxylation is 1. The van der Waals surface area contributed by atoms with E-state index in [2.05, 4.69) is 10.1 Å². The summed E-state index contributed by atoms with van der Waals surface area (Å²) in [5.41, 5.74) is 1.20. The summed E-state index contributed by atoms with van der Waals surface area (Å²) in [4.78, 5) is 6.14. The summed E-state index contributed by atoms with van der Waals surface area (Å²) in [5.74, 6) is 0.580. The van der Waals surface area contributed by atoms with E-state index in [4.69, 9.17) is 0 Å². The first-order valence-electron chi connectivity index (χ1n) is 9.41. The standard InChI is InChI=1S/C21H21F3N4O/c1-27(13-14-6-2-3-7-17(14)21(22,23)24)15-9-10-18-16(12-15)20(29)28(26-18)19-8-4-5-11-25-19/h2-8,11,15,29H,9-10,12-13H2,1H3. The van der Waals surface area contributed by atoms with E-state index in [-0.39, 0.29) is 24.0 Å². The number of alkyl halides is 3. The highest BCUT2D eigenvalue weighted by molar-refractivity contribution is 5.39. The fourth-order valence-electron chi connectivity index (χ4n) is 3.88. The van der Waals surface area contributed by atoms with Crippen molar-refractivity contribution in [2.75, 3.05) is 7.05 Å². The van der Waals surface area contributed by atoms with Crippen LogP contribution in [0.5, 0.6) is 5.88 Å². The SMILES string of the molecule is CN(Cc1ccccc1C(F)(F)F)C1CCc2nn(-c3ccccn3)c(O)c2C1. The van der Waals surface area contributed by atoms with Crippen LogP contribution in [0.2, 0.25) is 0 Å². The van der Waals surface area contributed by atoms with Gasteiger partial charge in [-0.1, -0.05) is 24.3 Å². The van der Waals surface area contributed by atoms with Gasteiger partial charge in [0.25, 0.3) is 0 Å². The first-order chi connectivity index (χ1) is 13.8. The second-order valence-electron chi connectivity index (χ2n) is 7.32. The van der Waals surface area contributed by atoms with Crippen LogP contribution in [0, 0.1) is 0 Å². The molecule has 4 rings (SSSR count). The molecule has 0 radical (unpaired) electrons. The lowest BCUT2D eigenvalue weighted by Gasteiger charge is -2.31. The van der Waals surface area contributed by atoms with Crippen LogP contribution in [0.4, 0.5) is 13.2 Å². The van der Waals surface area contributed by atoms with Gasteiger partial charge in [-0.2, -0.15) is 23.0 Å². The highest BCUT2D eigenvalue weighted by Crippen LogP contribution is 2.35. The predicted molar refractivity (Wildman–Crippen MR) is 102 cm³/mol. The molecule has 0 saturated heterocycles. The number of aromatic nitrogens is 3. The van der Waals surface area contributed by atoms with Crippen molar-refractivity contribution in [1.82, 2.24) is 19.7 Å². The van der Waals surface area contributed by atoms with E-state index in [1.54, 1.807) is 24.4 Å². The van der Waals surface area contributed by atoms with Gasteiger partial charge >= 0.3 is 6.18 Å². The van der Waals surface area contributed by atoms with E-state index >= 15 is 0 Å². The second kappa shape index (κ2) is 7.51. The highest BCUT2D eigenvalue weighted by Gasteiger charge is 2.34. The number of hydrogen-bond acceptors (Lipinski definition) is 4. The molecule has 5 nitrogen and oxygen atoms in total. The molecule has 1 aromatic carbocycles. The van der Waals surface area contributed by atoms with E-state index in [1.165, 1.54) is 16.8 Å². The topological polar surface area (TPSA) is 54.2 Å². The predicted octanol–water partition coefficient (Wildman–Crippen LogP) is 3.98. The minimum atomic E-state index is -4.38. The molecular formula is C21H21F3N4O. The molecule has 1 aliphatic carbocycles. The van der Waals surface area contributed by atoms with Crippen molar-refractivity contribution in [3.8, 4) is 11.7 Å². The van der Waals surface area contributed by atoms with Gasteiger partial charge in [0.1, 0.15) is 0 Å². The molecule has 1 aliphatic rings. The smallest absolute Gasteiger partial charge is 0.416 e. The monoisotopic (exact) mass is 402 g/mol. The molecule has 1 unspecified atom stereocenters. The molecular weight excluding hydrogens is 381 g/mol. The molecule has 0 spiro atoms. The third-order valence-corrected chi connectivity index (χ3v) is 5.43. The summed E-state index contributed by atoms with van der Waals surface area (Å²) in [6.45, 7) is 0.185. The highest BCUT2D eigenvalue weighted by atomic mass is 19.4. The average molecular weight is 402 g/mol. The first kappa shape index (κ1) is 19.4. The Morgan fingerprint density at radius 1 is 1.17 bits per heavy atom. The number of likely N-dealkylation sites (N-methyl/N-ethyl adjacent to an activating group) is 1. The van der Waals surface area contributed by atoms with Crippen LogP contribution in [0.1, 0.15) is 28.8 Å². The number of rotatable bonds is 4. The molecule has 0 aliphatic heterocycles. The second-order valence-corrected chi connectivity index (χ2v) is 7.32. The van der Waals surface area contributed by atoms with Gasteiger partial charge in [-0.3, -0.25) is 4.90 Å². The molecule has 152 valence electrons. The van der Waals surface area contributed by atoms with E-state index in [0.29, 0.717) is 18.7 Å². The van der Waals surface area contributed by atoms with Gasteiger partial charge in [-0.15, -0.1) is 0 Å². The zero-order chi connectivity index (χ0) is 20.6. The van der Waals surface area contributed by atoms with Crippen LogP contribution in [0.3, 0.4) is 0 Å². The van der Waals surface area contributed by atoms with Gasteiger partial charge in [0.15, 0.2) is 5.82 Å². The Balaban J connectivity index is 1.54. The Bertz CT molecular complexity index is 1000. The van der Waals surface area contributed by atoms with Crippen LogP contribution >= 0.6 is 0 Å². The quantitative estimate of drug-likeness (QED) is 0.717. The largest absolute Gasteiger partial charge is 0.493 e. The maximum Gasteiger partial charge on any atom is 0.416 e. The van der Waals surface area contributed by atoms with E-state index in [0.717, 1.165) is 23.7 Å². The number of halogens is 3. The van der Waals surface area contributed by atoms with Crippen molar-refractivity contribution in [3.05, 3.63) is 71.0 Å². The van der Waals surface area contributed by atoms with Crippen LogP contribution in [-0.4, -0.2) is 37.9 Å². The maximum atomic E-state index is 13.3. The first-order valence-corrected chi connectivity index (χ1v) is 9.41. The minimum Gasteiger partial charge on any atom is -0.493 e. The molecule has 2 heterocycles. The Labute approximate surface area is 166 Å². The van der Waals surface area contributed by atoms with E-state index in [1.807, 2.05) is 18.0 Å². The minimum absolute atomic E-state index is 0.0103.